The number of nitrogens with one attached hydrogen (secondary N) is 2. The van der Waals surface area contributed by atoms with Crippen molar-refractivity contribution in [2.75, 3.05) is 0 Å². The van der Waals surface area contributed by atoms with Crippen LogP contribution in [0.4, 0.5) is 0 Å². The first-order valence-electron chi connectivity index (χ1n) is 9.97. The maximum Gasteiger partial charge on any atom is 0.220 e. The largest absolute Gasteiger partial charge is 0.353 e. The van der Waals surface area contributed by atoms with Gasteiger partial charge in [0.1, 0.15) is 0 Å². The van der Waals surface area contributed by atoms with Crippen LogP contribution in [0.2, 0.25) is 0 Å². The topological polar surface area (TPSA) is 58.2 Å². The summed E-state index contributed by atoms with van der Waals surface area (Å²) >= 11 is 0. The summed E-state index contributed by atoms with van der Waals surface area (Å²) in [5, 5.41) is 6.31. The molecule has 2 aliphatic carbocycles. The van der Waals surface area contributed by atoms with E-state index in [9.17, 15) is 9.59 Å². The van der Waals surface area contributed by atoms with Gasteiger partial charge in [-0.25, -0.2) is 0 Å². The molecular formula is C20H36N2O2. The van der Waals surface area contributed by atoms with Gasteiger partial charge in [0.15, 0.2) is 0 Å². The molecule has 0 unspecified atom stereocenters. The van der Waals surface area contributed by atoms with E-state index < -0.39 is 0 Å². The second-order valence-electron chi connectivity index (χ2n) is 8.38. The number of carbonyl (C=O) groups excluding carboxylic acids is 2. The molecule has 0 aliphatic heterocycles. The third-order valence-corrected chi connectivity index (χ3v) is 6.69. The molecule has 2 aliphatic rings. The number of hydrogen-bond acceptors (Lipinski definition) is 2. The fraction of sp³-hybridized carbons (Fsp3) is 0.900. The smallest absolute Gasteiger partial charge is 0.220 e. The van der Waals surface area contributed by atoms with Crippen molar-refractivity contribution < 1.29 is 9.59 Å². The molecule has 0 spiro atoms. The summed E-state index contributed by atoms with van der Waals surface area (Å²) in [6.45, 7) is 8.99. The van der Waals surface area contributed by atoms with E-state index in [1.807, 2.05) is 0 Å². The second-order valence-corrected chi connectivity index (χ2v) is 8.38. The Kier molecular flexibility index (Phi) is 7.12. The standard InChI is InChI=1S/C20H36N2O2/c1-13-7-5-9-17(15(13)3)21-19(23)11-12-20(24)22-18-10-6-8-14(2)16(18)4/h13-18H,5-12H2,1-4H3,(H,21,23)(H,22,24)/t13-,14-,15-,16+,17+,18+/m0/s1. The summed E-state index contributed by atoms with van der Waals surface area (Å²) in [6.07, 6.45) is 7.65. The van der Waals surface area contributed by atoms with Gasteiger partial charge in [0, 0.05) is 24.9 Å². The van der Waals surface area contributed by atoms with Crippen LogP contribution in [0.25, 0.3) is 0 Å². The highest BCUT2D eigenvalue weighted by Gasteiger charge is 2.29. The first kappa shape index (κ1) is 19.3. The molecule has 0 bridgehead atoms. The lowest BCUT2D eigenvalue weighted by molar-refractivity contribution is -0.128. The molecule has 6 atom stereocenters. The molecule has 4 nitrogen and oxygen atoms in total. The number of amides is 2. The van der Waals surface area contributed by atoms with Gasteiger partial charge in [-0.1, -0.05) is 53.4 Å². The maximum atomic E-state index is 12.2. The van der Waals surface area contributed by atoms with Crippen molar-refractivity contribution in [3.05, 3.63) is 0 Å². The summed E-state index contributed by atoms with van der Waals surface area (Å²) < 4.78 is 0. The zero-order valence-corrected chi connectivity index (χ0v) is 15.9. The molecule has 0 radical (unpaired) electrons. The zero-order valence-electron chi connectivity index (χ0n) is 15.9. The van der Waals surface area contributed by atoms with Gasteiger partial charge in [0.25, 0.3) is 0 Å². The minimum absolute atomic E-state index is 0.0289. The highest BCUT2D eigenvalue weighted by molar-refractivity contribution is 5.84. The van der Waals surface area contributed by atoms with E-state index in [0.717, 1.165) is 12.8 Å². The van der Waals surface area contributed by atoms with E-state index in [-0.39, 0.29) is 23.9 Å². The van der Waals surface area contributed by atoms with Crippen molar-refractivity contribution in [3.63, 3.8) is 0 Å². The number of hydrogen-bond donors (Lipinski definition) is 2. The molecule has 24 heavy (non-hydrogen) atoms. The molecule has 2 N–H and O–H groups in total. The predicted octanol–water partition coefficient (Wildman–Crippen LogP) is 3.65. The molecule has 0 aromatic rings. The van der Waals surface area contributed by atoms with Crippen LogP contribution >= 0.6 is 0 Å². The van der Waals surface area contributed by atoms with Crippen molar-refractivity contribution in [2.24, 2.45) is 23.7 Å². The SMILES string of the molecule is C[C@@H]1[C@@H](C)CCC[C@H]1NC(=O)CCC(=O)N[C@@H]1CCC[C@H](C)[C@@H]1C. The van der Waals surface area contributed by atoms with Crippen LogP contribution in [-0.4, -0.2) is 23.9 Å². The zero-order chi connectivity index (χ0) is 17.7. The van der Waals surface area contributed by atoms with Crippen LogP contribution in [0.5, 0.6) is 0 Å². The van der Waals surface area contributed by atoms with E-state index in [1.165, 1.54) is 25.7 Å². The van der Waals surface area contributed by atoms with Gasteiger partial charge in [-0.2, -0.15) is 0 Å². The molecule has 0 heterocycles. The van der Waals surface area contributed by atoms with Crippen LogP contribution in [0.3, 0.4) is 0 Å². The highest BCUT2D eigenvalue weighted by Crippen LogP contribution is 2.30. The van der Waals surface area contributed by atoms with Crippen LogP contribution in [0.1, 0.15) is 79.1 Å². The molecule has 138 valence electrons. The summed E-state index contributed by atoms with van der Waals surface area (Å²) in [4.78, 5) is 24.4. The summed E-state index contributed by atoms with van der Waals surface area (Å²) in [5.74, 6) is 2.45. The van der Waals surface area contributed by atoms with Crippen molar-refractivity contribution in [1.82, 2.24) is 10.6 Å². The van der Waals surface area contributed by atoms with Crippen LogP contribution in [0, 0.1) is 23.7 Å². The van der Waals surface area contributed by atoms with Gasteiger partial charge in [0.05, 0.1) is 0 Å². The number of rotatable bonds is 5. The van der Waals surface area contributed by atoms with Crippen LogP contribution in [-0.2, 0) is 9.59 Å². The normalized spacial score (nSPS) is 36.8. The lowest BCUT2D eigenvalue weighted by Gasteiger charge is -2.35. The Morgan fingerprint density at radius 2 is 1.08 bits per heavy atom. The van der Waals surface area contributed by atoms with Gasteiger partial charge >= 0.3 is 0 Å². The van der Waals surface area contributed by atoms with E-state index >= 15 is 0 Å². The van der Waals surface area contributed by atoms with Gasteiger partial charge < -0.3 is 10.6 Å². The fourth-order valence-electron chi connectivity index (χ4n) is 4.36. The average Bonchev–Trinajstić information content (AvgIpc) is 2.54. The fourth-order valence-corrected chi connectivity index (χ4v) is 4.36. The van der Waals surface area contributed by atoms with Crippen molar-refractivity contribution in [2.45, 2.75) is 91.1 Å². The predicted molar refractivity (Wildman–Crippen MR) is 97.5 cm³/mol. The Balaban J connectivity index is 1.70. The minimum atomic E-state index is 0.0289. The molecule has 4 heteroatoms. The molecule has 0 aromatic heterocycles. The summed E-state index contributed by atoms with van der Waals surface area (Å²) in [6, 6.07) is 0.562. The van der Waals surface area contributed by atoms with Gasteiger partial charge in [-0.05, 0) is 36.5 Å². The van der Waals surface area contributed by atoms with Gasteiger partial charge in [-0.15, -0.1) is 0 Å². The Morgan fingerprint density at radius 3 is 1.46 bits per heavy atom. The highest BCUT2D eigenvalue weighted by atomic mass is 16.2. The van der Waals surface area contributed by atoms with Crippen molar-refractivity contribution >= 4 is 11.8 Å². The maximum absolute atomic E-state index is 12.2. The van der Waals surface area contributed by atoms with Gasteiger partial charge in [0.2, 0.25) is 11.8 Å². The van der Waals surface area contributed by atoms with E-state index in [1.54, 1.807) is 0 Å². The third-order valence-electron chi connectivity index (χ3n) is 6.69. The lowest BCUT2D eigenvalue weighted by atomic mass is 9.78. The molecule has 2 rings (SSSR count). The number of carbonyl (C=O) groups is 2. The first-order chi connectivity index (χ1) is 11.4. The lowest BCUT2D eigenvalue weighted by Crippen LogP contribution is -2.45. The molecular weight excluding hydrogens is 300 g/mol. The van der Waals surface area contributed by atoms with E-state index in [4.69, 9.17) is 0 Å². The molecule has 0 aromatic carbocycles. The molecule has 2 saturated carbocycles. The Bertz CT molecular complexity index is 397. The summed E-state index contributed by atoms with van der Waals surface area (Å²) in [7, 11) is 0. The quantitative estimate of drug-likeness (QED) is 0.805. The second kappa shape index (κ2) is 8.87. The summed E-state index contributed by atoms with van der Waals surface area (Å²) in [5.41, 5.74) is 0. The van der Waals surface area contributed by atoms with Crippen molar-refractivity contribution in [3.8, 4) is 0 Å². The molecule has 0 saturated heterocycles. The third kappa shape index (κ3) is 5.22. The Labute approximate surface area is 147 Å². The van der Waals surface area contributed by atoms with Gasteiger partial charge in [-0.3, -0.25) is 9.59 Å². The van der Waals surface area contributed by atoms with Crippen LogP contribution < -0.4 is 10.6 Å². The molecule has 2 amide bonds. The van der Waals surface area contributed by atoms with E-state index in [2.05, 4.69) is 38.3 Å². The monoisotopic (exact) mass is 336 g/mol. The Morgan fingerprint density at radius 1 is 0.708 bits per heavy atom. The van der Waals surface area contributed by atoms with Crippen molar-refractivity contribution in [1.29, 1.82) is 0 Å². The van der Waals surface area contributed by atoms with E-state index in [0.29, 0.717) is 36.5 Å². The Hall–Kier alpha value is -1.06. The first-order valence-corrected chi connectivity index (χ1v) is 9.97. The minimum Gasteiger partial charge on any atom is -0.353 e. The molecule has 2 fully saturated rings. The van der Waals surface area contributed by atoms with Crippen LogP contribution in [0.15, 0.2) is 0 Å². The average molecular weight is 337 g/mol.